The number of nitrogens with one attached hydrogen (secondary N) is 2. The fourth-order valence-electron chi connectivity index (χ4n) is 3.84. The van der Waals surface area contributed by atoms with Gasteiger partial charge in [0.2, 0.25) is 0 Å². The Morgan fingerprint density at radius 1 is 1.36 bits per heavy atom. The monoisotopic (exact) mass is 503 g/mol. The standard InChI is InChI=1S/C23H24F3N7O3/c1-22(2,36)18(24)10-30-21(35)14-8-28-16(5-17(14)32-15-3-4-23(25,26)19(15)34)13-9-31-33-11-12(6-27)7-29-20(13)33/h5,7-9,11,15,18-19,34,36H,3-4,10H2,1-2H3,(H,28,32)(H,30,35). The number of rotatable bonds is 7. The Labute approximate surface area is 203 Å². The summed E-state index contributed by atoms with van der Waals surface area (Å²) in [7, 11) is 0. The van der Waals surface area contributed by atoms with Gasteiger partial charge in [-0.2, -0.15) is 10.4 Å². The Morgan fingerprint density at radius 2 is 2.11 bits per heavy atom. The zero-order valence-electron chi connectivity index (χ0n) is 19.4. The van der Waals surface area contributed by atoms with Crippen LogP contribution in [0.2, 0.25) is 0 Å². The summed E-state index contributed by atoms with van der Waals surface area (Å²) >= 11 is 0. The molecular weight excluding hydrogens is 479 g/mol. The van der Waals surface area contributed by atoms with Crippen molar-refractivity contribution in [2.24, 2.45) is 0 Å². The molecule has 190 valence electrons. The molecule has 3 unspecified atom stereocenters. The van der Waals surface area contributed by atoms with Crippen LogP contribution in [-0.4, -0.2) is 72.1 Å². The van der Waals surface area contributed by atoms with E-state index in [1.807, 2.05) is 6.07 Å². The van der Waals surface area contributed by atoms with Gasteiger partial charge in [-0.25, -0.2) is 22.7 Å². The molecule has 36 heavy (non-hydrogen) atoms. The van der Waals surface area contributed by atoms with Gasteiger partial charge < -0.3 is 20.8 Å². The molecular formula is C23H24F3N7O3. The third-order valence-electron chi connectivity index (χ3n) is 6.06. The number of amides is 1. The number of aliphatic hydroxyl groups is 2. The summed E-state index contributed by atoms with van der Waals surface area (Å²) in [6, 6.07) is 2.34. The summed E-state index contributed by atoms with van der Waals surface area (Å²) in [6.45, 7) is 2.03. The summed E-state index contributed by atoms with van der Waals surface area (Å²) in [5, 5.41) is 38.2. The minimum absolute atomic E-state index is 0.0483. The molecule has 1 fully saturated rings. The molecule has 10 nitrogen and oxygen atoms in total. The molecule has 13 heteroatoms. The van der Waals surface area contributed by atoms with Gasteiger partial charge in [-0.05, 0) is 26.3 Å². The van der Waals surface area contributed by atoms with E-state index in [2.05, 4.69) is 25.7 Å². The fraction of sp³-hybridized carbons (Fsp3) is 0.435. The number of aliphatic hydroxyl groups excluding tert-OH is 1. The molecule has 0 bridgehead atoms. The quantitative estimate of drug-likeness (QED) is 0.383. The number of aromatic nitrogens is 4. The highest BCUT2D eigenvalue weighted by Gasteiger charge is 2.49. The van der Waals surface area contributed by atoms with Crippen molar-refractivity contribution in [2.45, 2.75) is 56.5 Å². The lowest BCUT2D eigenvalue weighted by atomic mass is 10.0. The van der Waals surface area contributed by atoms with E-state index in [1.165, 1.54) is 49.2 Å². The number of carbonyl (C=O) groups is 1. The Morgan fingerprint density at radius 3 is 2.75 bits per heavy atom. The molecule has 0 radical (unpaired) electrons. The number of hydrogen-bond acceptors (Lipinski definition) is 8. The SMILES string of the molecule is CC(C)(O)C(F)CNC(=O)c1cnc(-c2cnn3cc(C#N)cnc23)cc1NC1CCC(F)(F)C1O. The van der Waals surface area contributed by atoms with Crippen molar-refractivity contribution >= 4 is 17.2 Å². The van der Waals surface area contributed by atoms with E-state index in [-0.39, 0.29) is 23.2 Å². The summed E-state index contributed by atoms with van der Waals surface area (Å²) in [5.41, 5.74) is -0.280. The van der Waals surface area contributed by atoms with Crippen LogP contribution in [0.5, 0.6) is 0 Å². The number of halogens is 3. The van der Waals surface area contributed by atoms with Crippen LogP contribution in [0.15, 0.2) is 30.9 Å². The first-order valence-corrected chi connectivity index (χ1v) is 11.1. The largest absolute Gasteiger partial charge is 0.387 e. The summed E-state index contributed by atoms with van der Waals surface area (Å²) < 4.78 is 43.4. The molecule has 0 aliphatic heterocycles. The lowest BCUT2D eigenvalue weighted by molar-refractivity contribution is -0.0876. The molecule has 4 N–H and O–H groups in total. The summed E-state index contributed by atoms with van der Waals surface area (Å²) in [5.74, 6) is -4.03. The van der Waals surface area contributed by atoms with Crippen LogP contribution >= 0.6 is 0 Å². The van der Waals surface area contributed by atoms with Crippen molar-refractivity contribution in [2.75, 3.05) is 11.9 Å². The van der Waals surface area contributed by atoms with Crippen LogP contribution in [-0.2, 0) is 0 Å². The van der Waals surface area contributed by atoms with E-state index in [0.717, 1.165) is 0 Å². The third kappa shape index (κ3) is 4.95. The third-order valence-corrected chi connectivity index (χ3v) is 6.06. The molecule has 3 aromatic heterocycles. The van der Waals surface area contributed by atoms with Gasteiger partial charge >= 0.3 is 0 Å². The fourth-order valence-corrected chi connectivity index (χ4v) is 3.84. The van der Waals surface area contributed by atoms with Gasteiger partial charge in [0.1, 0.15) is 18.3 Å². The molecule has 4 rings (SSSR count). The van der Waals surface area contributed by atoms with Crippen molar-refractivity contribution in [1.82, 2.24) is 24.9 Å². The van der Waals surface area contributed by atoms with Gasteiger partial charge in [0, 0.05) is 18.8 Å². The van der Waals surface area contributed by atoms with Gasteiger partial charge in [0.05, 0.1) is 58.7 Å². The first-order valence-electron chi connectivity index (χ1n) is 11.1. The number of carbonyl (C=O) groups excluding carboxylic acids is 1. The molecule has 1 saturated carbocycles. The van der Waals surface area contributed by atoms with Crippen molar-refractivity contribution in [3.63, 3.8) is 0 Å². The minimum Gasteiger partial charge on any atom is -0.387 e. The molecule has 3 heterocycles. The highest BCUT2D eigenvalue weighted by atomic mass is 19.3. The average molecular weight is 503 g/mol. The van der Waals surface area contributed by atoms with E-state index < -0.39 is 48.7 Å². The predicted octanol–water partition coefficient (Wildman–Crippen LogP) is 2.07. The highest BCUT2D eigenvalue weighted by molar-refractivity contribution is 6.00. The topological polar surface area (TPSA) is 148 Å². The first-order chi connectivity index (χ1) is 16.9. The maximum atomic E-state index is 14.2. The highest BCUT2D eigenvalue weighted by Crippen LogP contribution is 2.37. The Balaban J connectivity index is 1.69. The van der Waals surface area contributed by atoms with Crippen molar-refractivity contribution < 1.29 is 28.2 Å². The molecule has 1 aliphatic carbocycles. The maximum Gasteiger partial charge on any atom is 0.275 e. The Kier molecular flexibility index (Phi) is 6.59. The number of pyridine rings is 1. The summed E-state index contributed by atoms with van der Waals surface area (Å²) in [4.78, 5) is 21.3. The molecule has 3 aromatic rings. The van der Waals surface area contributed by atoms with Crippen LogP contribution in [0, 0.1) is 11.3 Å². The molecule has 1 aliphatic rings. The number of nitrogens with zero attached hydrogens (tertiary/aromatic N) is 5. The molecule has 1 amide bonds. The van der Waals surface area contributed by atoms with E-state index in [4.69, 9.17) is 5.26 Å². The molecule has 3 atom stereocenters. The van der Waals surface area contributed by atoms with Crippen LogP contribution in [0.25, 0.3) is 16.9 Å². The smallest absolute Gasteiger partial charge is 0.275 e. The maximum absolute atomic E-state index is 14.2. The van der Waals surface area contributed by atoms with E-state index in [0.29, 0.717) is 16.9 Å². The number of nitriles is 1. The minimum atomic E-state index is -3.28. The van der Waals surface area contributed by atoms with Crippen LogP contribution in [0.4, 0.5) is 18.9 Å². The average Bonchev–Trinajstić information content (AvgIpc) is 3.37. The second kappa shape index (κ2) is 9.36. The van der Waals surface area contributed by atoms with E-state index in [9.17, 15) is 28.2 Å². The lowest BCUT2D eigenvalue weighted by Gasteiger charge is -2.24. The van der Waals surface area contributed by atoms with Crippen LogP contribution < -0.4 is 10.6 Å². The molecule has 0 saturated heterocycles. The van der Waals surface area contributed by atoms with Crippen molar-refractivity contribution in [3.8, 4) is 17.3 Å². The number of hydrogen-bond donors (Lipinski definition) is 4. The van der Waals surface area contributed by atoms with Gasteiger partial charge in [-0.15, -0.1) is 0 Å². The number of anilines is 1. The van der Waals surface area contributed by atoms with E-state index >= 15 is 0 Å². The number of fused-ring (bicyclic) bond motifs is 1. The summed E-state index contributed by atoms with van der Waals surface area (Å²) in [6.07, 6.45) is 1.16. The van der Waals surface area contributed by atoms with Gasteiger partial charge in [0.15, 0.2) is 5.65 Å². The first kappa shape index (κ1) is 25.3. The van der Waals surface area contributed by atoms with Crippen molar-refractivity contribution in [1.29, 1.82) is 5.26 Å². The normalized spacial score (nSPS) is 20.2. The number of alkyl halides is 3. The molecule has 0 aromatic carbocycles. The second-order valence-electron chi connectivity index (χ2n) is 9.22. The van der Waals surface area contributed by atoms with E-state index in [1.54, 1.807) is 0 Å². The second-order valence-corrected chi connectivity index (χ2v) is 9.22. The lowest BCUT2D eigenvalue weighted by Crippen LogP contribution is -2.42. The van der Waals surface area contributed by atoms with Crippen LogP contribution in [0.1, 0.15) is 42.6 Å². The Bertz CT molecular complexity index is 1330. The zero-order chi connectivity index (χ0) is 26.3. The van der Waals surface area contributed by atoms with Crippen molar-refractivity contribution in [3.05, 3.63) is 42.0 Å². The van der Waals surface area contributed by atoms with Gasteiger partial charge in [0.25, 0.3) is 11.8 Å². The zero-order valence-corrected chi connectivity index (χ0v) is 19.4. The Hall–Kier alpha value is -3.76. The van der Waals surface area contributed by atoms with Gasteiger partial charge in [-0.3, -0.25) is 9.78 Å². The van der Waals surface area contributed by atoms with Gasteiger partial charge in [-0.1, -0.05) is 0 Å². The van der Waals surface area contributed by atoms with Crippen LogP contribution in [0.3, 0.4) is 0 Å². The predicted molar refractivity (Wildman–Crippen MR) is 122 cm³/mol. The molecule has 0 spiro atoms.